The van der Waals surface area contributed by atoms with Crippen molar-refractivity contribution in [2.75, 3.05) is 19.3 Å². The maximum absolute atomic E-state index is 12.0. The molecule has 2 atom stereocenters. The number of nitrogens with one attached hydrogen (secondary N) is 2. The summed E-state index contributed by atoms with van der Waals surface area (Å²) in [6.07, 6.45) is 3.00. The summed E-state index contributed by atoms with van der Waals surface area (Å²) in [4.78, 5) is 32.6. The van der Waals surface area contributed by atoms with E-state index in [2.05, 4.69) is 10.4 Å². The van der Waals surface area contributed by atoms with Gasteiger partial charge in [0.15, 0.2) is 0 Å². The Kier molecular flexibility index (Phi) is 8.42. The standard InChI is InChI=1S/C21H31N2O7P/c1-5-15-13(3)17-11-30-21(27)18(17)19(24)16(15)7-6-12(2)10-22-8-9-31(28,29)23-14(4)20(25)26/h6,14,22,24H,5,7-11H2,1-4H3,(H,25,26)(H2,23,28,29)/b12-6+/t14-/m0/s1. The molecule has 0 spiro atoms. The highest BCUT2D eigenvalue weighted by Crippen LogP contribution is 2.38. The highest BCUT2D eigenvalue weighted by atomic mass is 31.2. The van der Waals surface area contributed by atoms with Crippen LogP contribution in [0, 0.1) is 6.92 Å². The van der Waals surface area contributed by atoms with Crippen LogP contribution in [0.1, 0.15) is 53.4 Å². The van der Waals surface area contributed by atoms with Gasteiger partial charge in [-0.25, -0.2) is 9.88 Å². The maximum Gasteiger partial charge on any atom is 0.342 e. The topological polar surface area (TPSA) is 145 Å². The molecule has 0 bridgehead atoms. The van der Waals surface area contributed by atoms with Crippen molar-refractivity contribution in [2.24, 2.45) is 0 Å². The number of aliphatic carboxylic acids is 1. The van der Waals surface area contributed by atoms with E-state index < -0.39 is 25.5 Å². The Balaban J connectivity index is 1.98. The molecule has 5 N–H and O–H groups in total. The number of hydrogen-bond donors (Lipinski definition) is 5. The lowest BCUT2D eigenvalue weighted by atomic mass is 9.89. The van der Waals surface area contributed by atoms with Crippen molar-refractivity contribution in [1.29, 1.82) is 0 Å². The summed E-state index contributed by atoms with van der Waals surface area (Å²) in [6.45, 7) is 8.02. The van der Waals surface area contributed by atoms with E-state index in [1.54, 1.807) is 0 Å². The number of aromatic hydroxyl groups is 1. The van der Waals surface area contributed by atoms with Gasteiger partial charge in [-0.1, -0.05) is 18.6 Å². The number of carboxylic acid groups (broad SMARTS) is 1. The summed E-state index contributed by atoms with van der Waals surface area (Å²) in [7, 11) is -3.75. The van der Waals surface area contributed by atoms with E-state index in [0.717, 1.165) is 28.7 Å². The number of phenolic OH excluding ortho intramolecular Hbond substituents is 1. The van der Waals surface area contributed by atoms with Gasteiger partial charge >= 0.3 is 11.9 Å². The average Bonchev–Trinajstić information content (AvgIpc) is 3.08. The largest absolute Gasteiger partial charge is 0.507 e. The number of fused-ring (bicyclic) bond motifs is 1. The molecule has 31 heavy (non-hydrogen) atoms. The molecule has 9 nitrogen and oxygen atoms in total. The van der Waals surface area contributed by atoms with Gasteiger partial charge in [0.1, 0.15) is 24.0 Å². The molecule has 1 unspecified atom stereocenters. The third kappa shape index (κ3) is 6.17. The van der Waals surface area contributed by atoms with Crippen LogP contribution < -0.4 is 10.4 Å². The average molecular weight is 454 g/mol. The van der Waals surface area contributed by atoms with Crippen LogP contribution in [0.15, 0.2) is 11.6 Å². The summed E-state index contributed by atoms with van der Waals surface area (Å²) in [5, 5.41) is 24.8. The van der Waals surface area contributed by atoms with Crippen LogP contribution in [0.25, 0.3) is 0 Å². The van der Waals surface area contributed by atoms with E-state index in [1.807, 2.05) is 26.8 Å². The molecule has 0 radical (unpaired) electrons. The predicted octanol–water partition coefficient (Wildman–Crippen LogP) is 2.26. The lowest BCUT2D eigenvalue weighted by molar-refractivity contribution is -0.138. The fourth-order valence-electron chi connectivity index (χ4n) is 3.63. The number of ether oxygens (including phenoxy) is 1. The van der Waals surface area contributed by atoms with Crippen LogP contribution in [-0.2, 0) is 33.5 Å². The SMILES string of the molecule is CCc1c(C)c2c(c(O)c1C/C=C(\C)CNCCP(=O)(O)N[C@@H](C)C(=O)O)C(=O)OC2. The molecule has 1 aliphatic rings. The number of cyclic esters (lactones) is 1. The van der Waals surface area contributed by atoms with Gasteiger partial charge in [0.2, 0.25) is 0 Å². The van der Waals surface area contributed by atoms with Crippen molar-refractivity contribution >= 4 is 19.5 Å². The molecule has 1 aliphatic heterocycles. The van der Waals surface area contributed by atoms with Crippen molar-refractivity contribution in [2.45, 2.75) is 53.2 Å². The maximum atomic E-state index is 12.0. The number of hydrogen-bond acceptors (Lipinski definition) is 6. The van der Waals surface area contributed by atoms with Crippen LogP contribution in [0.2, 0.25) is 0 Å². The summed E-state index contributed by atoms with van der Waals surface area (Å²) in [5.74, 6) is -1.70. The molecule has 1 aromatic carbocycles. The van der Waals surface area contributed by atoms with Crippen LogP contribution in [0.3, 0.4) is 0 Å². The van der Waals surface area contributed by atoms with Crippen LogP contribution in [-0.4, -0.2) is 52.3 Å². The zero-order valence-corrected chi connectivity index (χ0v) is 19.2. The van der Waals surface area contributed by atoms with Crippen LogP contribution >= 0.6 is 7.52 Å². The van der Waals surface area contributed by atoms with Crippen molar-refractivity contribution < 1.29 is 34.0 Å². The van der Waals surface area contributed by atoms with Crippen molar-refractivity contribution in [1.82, 2.24) is 10.4 Å². The molecular formula is C21H31N2O7P. The van der Waals surface area contributed by atoms with E-state index in [9.17, 15) is 24.2 Å². The van der Waals surface area contributed by atoms with Gasteiger partial charge in [-0.2, -0.15) is 0 Å². The van der Waals surface area contributed by atoms with Gasteiger partial charge in [-0.15, -0.1) is 0 Å². The molecule has 1 aromatic rings. The van der Waals surface area contributed by atoms with Gasteiger partial charge in [-0.3, -0.25) is 9.36 Å². The Morgan fingerprint density at radius 3 is 2.65 bits per heavy atom. The van der Waals surface area contributed by atoms with Crippen molar-refractivity contribution in [3.63, 3.8) is 0 Å². The molecule has 2 rings (SSSR count). The first-order chi connectivity index (χ1) is 14.5. The third-order valence-corrected chi connectivity index (χ3v) is 7.04. The zero-order valence-electron chi connectivity index (χ0n) is 18.3. The van der Waals surface area contributed by atoms with Crippen LogP contribution in [0.5, 0.6) is 5.75 Å². The minimum absolute atomic E-state index is 0.0168. The normalized spacial score (nSPS) is 16.5. The number of carbonyl (C=O) groups excluding carboxylic acids is 1. The second-order valence-electron chi connectivity index (χ2n) is 7.76. The second kappa shape index (κ2) is 10.4. The molecule has 0 aliphatic carbocycles. The van der Waals surface area contributed by atoms with E-state index in [1.165, 1.54) is 6.92 Å². The highest BCUT2D eigenvalue weighted by Gasteiger charge is 2.30. The summed E-state index contributed by atoms with van der Waals surface area (Å²) in [6, 6.07) is -1.11. The third-order valence-electron chi connectivity index (χ3n) is 5.42. The first kappa shape index (κ1) is 25.1. The van der Waals surface area contributed by atoms with Gasteiger partial charge < -0.3 is 25.2 Å². The molecule has 172 valence electrons. The zero-order chi connectivity index (χ0) is 23.3. The van der Waals surface area contributed by atoms with Gasteiger partial charge in [0.05, 0.1) is 6.16 Å². The molecule has 0 aromatic heterocycles. The molecular weight excluding hydrogens is 423 g/mol. The smallest absolute Gasteiger partial charge is 0.342 e. The van der Waals surface area contributed by atoms with Gasteiger partial charge in [-0.05, 0) is 44.7 Å². The number of phenols is 1. The van der Waals surface area contributed by atoms with Crippen LogP contribution in [0.4, 0.5) is 0 Å². The molecule has 1 heterocycles. The Morgan fingerprint density at radius 1 is 1.35 bits per heavy atom. The van der Waals surface area contributed by atoms with E-state index >= 15 is 0 Å². The number of carboxylic acids is 1. The Hall–Kier alpha value is -2.19. The fourth-order valence-corrected chi connectivity index (χ4v) is 4.93. The Bertz CT molecular complexity index is 942. The fraction of sp³-hybridized carbons (Fsp3) is 0.524. The first-order valence-electron chi connectivity index (χ1n) is 10.2. The van der Waals surface area contributed by atoms with Crippen molar-refractivity contribution in [3.8, 4) is 5.75 Å². The van der Waals surface area contributed by atoms with Gasteiger partial charge in [0, 0.05) is 24.2 Å². The summed E-state index contributed by atoms with van der Waals surface area (Å²) >= 11 is 0. The quantitative estimate of drug-likeness (QED) is 0.147. The summed E-state index contributed by atoms with van der Waals surface area (Å²) in [5.41, 5.74) is 4.67. The monoisotopic (exact) mass is 454 g/mol. The lowest BCUT2D eigenvalue weighted by Crippen LogP contribution is -2.33. The minimum atomic E-state index is -3.75. The van der Waals surface area contributed by atoms with E-state index in [4.69, 9.17) is 9.84 Å². The Morgan fingerprint density at radius 2 is 2.03 bits per heavy atom. The number of allylic oxidation sites excluding steroid dienone is 1. The molecule has 0 amide bonds. The van der Waals surface area contributed by atoms with Crippen molar-refractivity contribution in [3.05, 3.63) is 39.5 Å². The molecule has 0 saturated heterocycles. The number of rotatable bonds is 11. The predicted molar refractivity (Wildman–Crippen MR) is 117 cm³/mol. The lowest BCUT2D eigenvalue weighted by Gasteiger charge is -2.17. The van der Waals surface area contributed by atoms with E-state index in [0.29, 0.717) is 18.5 Å². The first-order valence-corrected chi connectivity index (χ1v) is 12.0. The van der Waals surface area contributed by atoms with E-state index in [-0.39, 0.29) is 30.6 Å². The molecule has 0 saturated carbocycles. The summed E-state index contributed by atoms with van der Waals surface area (Å²) < 4.78 is 17.1. The second-order valence-corrected chi connectivity index (χ2v) is 9.87. The number of carbonyl (C=O) groups is 2. The molecule has 10 heteroatoms. The number of benzene rings is 1. The Labute approximate surface area is 182 Å². The number of esters is 1. The van der Waals surface area contributed by atoms with Gasteiger partial charge in [0.25, 0.3) is 7.52 Å². The highest BCUT2D eigenvalue weighted by molar-refractivity contribution is 7.55. The molecule has 0 fully saturated rings. The minimum Gasteiger partial charge on any atom is -0.507 e.